The van der Waals surface area contributed by atoms with Gasteiger partial charge < -0.3 is 5.11 Å². The molecule has 5 heteroatoms. The zero-order chi connectivity index (χ0) is 11.4. The Labute approximate surface area is 85.2 Å². The second-order valence-electron chi connectivity index (χ2n) is 3.78. The van der Waals surface area contributed by atoms with Crippen molar-refractivity contribution in [2.45, 2.75) is 38.7 Å². The largest absolute Gasteiger partial charge is 0.382 e. The van der Waals surface area contributed by atoms with Crippen LogP contribution in [0.4, 0.5) is 0 Å². The molecule has 1 unspecified atom stereocenters. The van der Waals surface area contributed by atoms with Gasteiger partial charge in [-0.15, -0.1) is 0 Å². The minimum absolute atomic E-state index is 0.00145. The van der Waals surface area contributed by atoms with Crippen molar-refractivity contribution in [2.75, 3.05) is 12.0 Å². The summed E-state index contributed by atoms with van der Waals surface area (Å²) >= 11 is 0. The molecule has 0 spiro atoms. The molecule has 0 radical (unpaired) electrons. The lowest BCUT2D eigenvalue weighted by Gasteiger charge is -2.19. The van der Waals surface area contributed by atoms with Gasteiger partial charge in [0.1, 0.15) is 15.4 Å². The maximum absolute atomic E-state index is 11.3. The van der Waals surface area contributed by atoms with Gasteiger partial charge in [0.25, 0.3) is 0 Å². The molecular formula is C9H18O4S. The lowest BCUT2D eigenvalue weighted by molar-refractivity contribution is -0.135. The number of carbonyl (C=O) groups excluding carboxylic acids is 1. The summed E-state index contributed by atoms with van der Waals surface area (Å²) in [5, 5.41) is 9.52. The van der Waals surface area contributed by atoms with Crippen LogP contribution >= 0.6 is 0 Å². The molecule has 1 N–H and O–H groups in total. The minimum atomic E-state index is -3.01. The van der Waals surface area contributed by atoms with Crippen LogP contribution in [0.3, 0.4) is 0 Å². The topological polar surface area (TPSA) is 71.4 Å². The summed E-state index contributed by atoms with van der Waals surface area (Å²) in [5.74, 6) is -0.290. The molecule has 0 aromatic rings. The van der Waals surface area contributed by atoms with Crippen LogP contribution in [-0.4, -0.2) is 36.9 Å². The number of Topliss-reactive ketones (excluding diaryl/α,β-unsaturated/α-hetero) is 1. The zero-order valence-corrected chi connectivity index (χ0v) is 9.73. The van der Waals surface area contributed by atoms with Crippen LogP contribution in [-0.2, 0) is 14.6 Å². The summed E-state index contributed by atoms with van der Waals surface area (Å²) in [7, 11) is -3.01. The second kappa shape index (κ2) is 4.89. The normalized spacial score (nSPS) is 16.3. The Balaban J connectivity index is 3.99. The van der Waals surface area contributed by atoms with Crippen LogP contribution in [0.15, 0.2) is 0 Å². The Morgan fingerprint density at radius 3 is 2.29 bits per heavy atom. The van der Waals surface area contributed by atoms with E-state index in [1.807, 2.05) is 0 Å². The fourth-order valence-corrected chi connectivity index (χ4v) is 1.63. The summed E-state index contributed by atoms with van der Waals surface area (Å²) in [6, 6.07) is 0. The van der Waals surface area contributed by atoms with E-state index in [4.69, 9.17) is 0 Å². The van der Waals surface area contributed by atoms with E-state index in [1.54, 1.807) is 6.92 Å². The smallest absolute Gasteiger partial charge is 0.164 e. The summed E-state index contributed by atoms with van der Waals surface area (Å²) < 4.78 is 21.5. The second-order valence-corrected chi connectivity index (χ2v) is 6.04. The van der Waals surface area contributed by atoms with Crippen LogP contribution in [0.5, 0.6) is 0 Å². The third-order valence-corrected chi connectivity index (χ3v) is 3.24. The average Bonchev–Trinajstić information content (AvgIpc) is 2.02. The van der Waals surface area contributed by atoms with E-state index in [-0.39, 0.29) is 24.4 Å². The Morgan fingerprint density at radius 2 is 1.93 bits per heavy atom. The molecule has 0 aliphatic heterocycles. The number of hydrogen-bond acceptors (Lipinski definition) is 4. The van der Waals surface area contributed by atoms with Gasteiger partial charge in [-0.25, -0.2) is 8.42 Å². The monoisotopic (exact) mass is 222 g/mol. The Hall–Kier alpha value is -0.420. The van der Waals surface area contributed by atoms with Crippen LogP contribution < -0.4 is 0 Å². The first-order valence-electron chi connectivity index (χ1n) is 4.62. The van der Waals surface area contributed by atoms with Crippen molar-refractivity contribution in [1.29, 1.82) is 0 Å². The molecule has 0 rings (SSSR count). The molecular weight excluding hydrogens is 204 g/mol. The highest BCUT2D eigenvalue weighted by molar-refractivity contribution is 7.90. The van der Waals surface area contributed by atoms with Crippen LogP contribution in [0, 0.1) is 0 Å². The SMILES string of the molecule is CCC(C)(O)C(=O)CCCS(C)(=O)=O. The molecule has 4 nitrogen and oxygen atoms in total. The van der Waals surface area contributed by atoms with Crippen molar-refractivity contribution < 1.29 is 18.3 Å². The van der Waals surface area contributed by atoms with Crippen molar-refractivity contribution >= 4 is 15.6 Å². The molecule has 84 valence electrons. The van der Waals surface area contributed by atoms with Gasteiger partial charge in [0, 0.05) is 12.7 Å². The van der Waals surface area contributed by atoms with Gasteiger partial charge in [0.2, 0.25) is 0 Å². The predicted molar refractivity (Wildman–Crippen MR) is 54.9 cm³/mol. The van der Waals surface area contributed by atoms with Crippen molar-refractivity contribution in [1.82, 2.24) is 0 Å². The maximum Gasteiger partial charge on any atom is 0.164 e. The molecule has 14 heavy (non-hydrogen) atoms. The summed E-state index contributed by atoms with van der Waals surface area (Å²) in [4.78, 5) is 11.3. The number of hydrogen-bond donors (Lipinski definition) is 1. The predicted octanol–water partition coefficient (Wildman–Crippen LogP) is 0.541. The molecule has 0 amide bonds. The van der Waals surface area contributed by atoms with Gasteiger partial charge in [-0.2, -0.15) is 0 Å². The van der Waals surface area contributed by atoms with Gasteiger partial charge in [-0.05, 0) is 19.8 Å². The summed E-state index contributed by atoms with van der Waals surface area (Å²) in [6.45, 7) is 3.17. The Morgan fingerprint density at radius 1 is 1.43 bits per heavy atom. The third kappa shape index (κ3) is 5.34. The Bertz CT molecular complexity index is 290. The molecule has 0 saturated carbocycles. The Kier molecular flexibility index (Phi) is 4.74. The van der Waals surface area contributed by atoms with Gasteiger partial charge in [0.05, 0.1) is 5.75 Å². The van der Waals surface area contributed by atoms with E-state index in [1.165, 1.54) is 6.92 Å². The van der Waals surface area contributed by atoms with Gasteiger partial charge >= 0.3 is 0 Å². The molecule has 0 aliphatic carbocycles. The van der Waals surface area contributed by atoms with E-state index < -0.39 is 15.4 Å². The zero-order valence-electron chi connectivity index (χ0n) is 8.91. The average molecular weight is 222 g/mol. The lowest BCUT2D eigenvalue weighted by atomic mass is 9.95. The van der Waals surface area contributed by atoms with Crippen molar-refractivity contribution in [3.63, 3.8) is 0 Å². The van der Waals surface area contributed by atoms with E-state index in [0.717, 1.165) is 6.26 Å². The van der Waals surface area contributed by atoms with E-state index in [9.17, 15) is 18.3 Å². The first-order chi connectivity index (χ1) is 6.19. The first-order valence-corrected chi connectivity index (χ1v) is 6.68. The van der Waals surface area contributed by atoms with E-state index >= 15 is 0 Å². The molecule has 0 fully saturated rings. The number of aliphatic hydroxyl groups is 1. The maximum atomic E-state index is 11.3. The lowest BCUT2D eigenvalue weighted by Crippen LogP contribution is -2.34. The molecule has 1 atom stereocenters. The fraction of sp³-hybridized carbons (Fsp3) is 0.889. The molecule has 0 aromatic carbocycles. The standard InChI is InChI=1S/C9H18O4S/c1-4-9(2,11)8(10)6-5-7-14(3,12)13/h11H,4-7H2,1-3H3. The highest BCUT2D eigenvalue weighted by Crippen LogP contribution is 2.13. The number of carbonyl (C=O) groups is 1. The van der Waals surface area contributed by atoms with Crippen molar-refractivity contribution in [3.8, 4) is 0 Å². The fourth-order valence-electron chi connectivity index (χ4n) is 0.961. The van der Waals surface area contributed by atoms with Crippen molar-refractivity contribution in [3.05, 3.63) is 0 Å². The van der Waals surface area contributed by atoms with Gasteiger partial charge in [-0.1, -0.05) is 6.92 Å². The van der Waals surface area contributed by atoms with Gasteiger partial charge in [-0.3, -0.25) is 4.79 Å². The molecule has 0 bridgehead atoms. The molecule has 0 heterocycles. The minimum Gasteiger partial charge on any atom is -0.382 e. The van der Waals surface area contributed by atoms with E-state index in [2.05, 4.69) is 0 Å². The highest BCUT2D eigenvalue weighted by Gasteiger charge is 2.26. The molecule has 0 aromatic heterocycles. The third-order valence-electron chi connectivity index (χ3n) is 2.21. The van der Waals surface area contributed by atoms with Crippen LogP contribution in [0.2, 0.25) is 0 Å². The van der Waals surface area contributed by atoms with Crippen LogP contribution in [0.1, 0.15) is 33.1 Å². The number of sulfone groups is 1. The van der Waals surface area contributed by atoms with E-state index in [0.29, 0.717) is 6.42 Å². The molecule has 0 saturated heterocycles. The van der Waals surface area contributed by atoms with Crippen LogP contribution in [0.25, 0.3) is 0 Å². The summed E-state index contributed by atoms with van der Waals surface area (Å²) in [6.07, 6.45) is 1.89. The number of ketones is 1. The quantitative estimate of drug-likeness (QED) is 0.712. The van der Waals surface area contributed by atoms with Crippen molar-refractivity contribution in [2.24, 2.45) is 0 Å². The first kappa shape index (κ1) is 13.6. The van der Waals surface area contributed by atoms with Gasteiger partial charge in [0.15, 0.2) is 5.78 Å². The summed E-state index contributed by atoms with van der Waals surface area (Å²) in [5.41, 5.74) is -1.31. The molecule has 0 aliphatic rings. The highest BCUT2D eigenvalue weighted by atomic mass is 32.2. The number of rotatable bonds is 6.